The Hall–Kier alpha value is -0.760. The van der Waals surface area contributed by atoms with Crippen LogP contribution in [0.15, 0.2) is 23.1 Å². The van der Waals surface area contributed by atoms with Crippen LogP contribution < -0.4 is 5.56 Å². The highest BCUT2D eigenvalue weighted by Crippen LogP contribution is 2.02. The van der Waals surface area contributed by atoms with Gasteiger partial charge < -0.3 is 4.57 Å². The van der Waals surface area contributed by atoms with Crippen LogP contribution in [0.1, 0.15) is 6.92 Å². The first-order chi connectivity index (χ1) is 4.74. The minimum atomic E-state index is -0.00750. The van der Waals surface area contributed by atoms with Crippen molar-refractivity contribution in [1.82, 2.24) is 4.57 Å². The maximum absolute atomic E-state index is 10.9. The van der Waals surface area contributed by atoms with E-state index in [9.17, 15) is 4.79 Å². The van der Waals surface area contributed by atoms with Crippen molar-refractivity contribution in [2.24, 2.45) is 0 Å². The Balaban J connectivity index is 3.22. The van der Waals surface area contributed by atoms with E-state index < -0.39 is 0 Å². The monoisotopic (exact) mass is 157 g/mol. The minimum absolute atomic E-state index is 0.00750. The quantitative estimate of drug-likeness (QED) is 0.606. The Kier molecular flexibility index (Phi) is 2.12. The molecule has 1 heterocycles. The number of halogens is 1. The summed E-state index contributed by atoms with van der Waals surface area (Å²) in [6.07, 6.45) is 1.63. The van der Waals surface area contributed by atoms with Gasteiger partial charge in [0.2, 0.25) is 0 Å². The summed E-state index contributed by atoms with van der Waals surface area (Å²) < 4.78 is 1.56. The SMILES string of the molecule is CCn1cc(Cl)ccc1=O. The van der Waals surface area contributed by atoms with Gasteiger partial charge in [0, 0.05) is 18.8 Å². The molecule has 10 heavy (non-hydrogen) atoms. The molecule has 1 aromatic rings. The fraction of sp³-hybridized carbons (Fsp3) is 0.286. The molecule has 0 aliphatic heterocycles. The molecule has 0 amide bonds. The van der Waals surface area contributed by atoms with Gasteiger partial charge in [-0.15, -0.1) is 0 Å². The van der Waals surface area contributed by atoms with E-state index in [4.69, 9.17) is 11.6 Å². The van der Waals surface area contributed by atoms with Crippen molar-refractivity contribution in [2.45, 2.75) is 13.5 Å². The fourth-order valence-corrected chi connectivity index (χ4v) is 0.930. The molecule has 0 aliphatic rings. The topological polar surface area (TPSA) is 22.0 Å². The average molecular weight is 158 g/mol. The highest BCUT2D eigenvalue weighted by Gasteiger charge is 1.91. The third-order valence-electron chi connectivity index (χ3n) is 1.29. The lowest BCUT2D eigenvalue weighted by Gasteiger charge is -1.98. The number of aromatic nitrogens is 1. The summed E-state index contributed by atoms with van der Waals surface area (Å²) in [5.41, 5.74) is -0.00750. The van der Waals surface area contributed by atoms with Crippen LogP contribution in [0.4, 0.5) is 0 Å². The van der Waals surface area contributed by atoms with Crippen molar-refractivity contribution in [1.29, 1.82) is 0 Å². The molecule has 0 saturated carbocycles. The second kappa shape index (κ2) is 2.88. The van der Waals surface area contributed by atoms with Gasteiger partial charge in [0.25, 0.3) is 5.56 Å². The molecule has 54 valence electrons. The van der Waals surface area contributed by atoms with Crippen LogP contribution in [0.2, 0.25) is 5.02 Å². The minimum Gasteiger partial charge on any atom is -0.314 e. The van der Waals surface area contributed by atoms with Crippen molar-refractivity contribution in [3.8, 4) is 0 Å². The van der Waals surface area contributed by atoms with Gasteiger partial charge in [-0.2, -0.15) is 0 Å². The Morgan fingerprint density at radius 3 is 2.80 bits per heavy atom. The highest BCUT2D eigenvalue weighted by atomic mass is 35.5. The molecule has 0 spiro atoms. The summed E-state index contributed by atoms with van der Waals surface area (Å²) in [6.45, 7) is 2.57. The van der Waals surface area contributed by atoms with E-state index in [0.29, 0.717) is 11.6 Å². The van der Waals surface area contributed by atoms with Crippen LogP contribution in [-0.2, 0) is 6.54 Å². The van der Waals surface area contributed by atoms with Gasteiger partial charge in [0.1, 0.15) is 0 Å². The van der Waals surface area contributed by atoms with Gasteiger partial charge in [0.05, 0.1) is 5.02 Å². The summed E-state index contributed by atoms with van der Waals surface area (Å²) in [6, 6.07) is 3.06. The van der Waals surface area contributed by atoms with E-state index in [2.05, 4.69) is 0 Å². The van der Waals surface area contributed by atoms with Crippen LogP contribution in [-0.4, -0.2) is 4.57 Å². The molecule has 0 fully saturated rings. The molecule has 3 heteroatoms. The first-order valence-electron chi connectivity index (χ1n) is 3.10. The lowest BCUT2D eigenvalue weighted by atomic mass is 10.5. The van der Waals surface area contributed by atoms with E-state index in [1.54, 1.807) is 16.8 Å². The predicted molar refractivity (Wildman–Crippen MR) is 41.4 cm³/mol. The molecule has 0 unspecified atom stereocenters. The molecule has 2 nitrogen and oxygen atoms in total. The number of hydrogen-bond acceptors (Lipinski definition) is 1. The maximum atomic E-state index is 10.9. The molecule has 0 saturated heterocycles. The van der Waals surface area contributed by atoms with E-state index in [-0.39, 0.29) is 5.56 Å². The van der Waals surface area contributed by atoms with Crippen LogP contribution in [0.25, 0.3) is 0 Å². The van der Waals surface area contributed by atoms with E-state index in [1.807, 2.05) is 6.92 Å². The molecule has 0 aliphatic carbocycles. The van der Waals surface area contributed by atoms with Gasteiger partial charge in [-0.3, -0.25) is 4.79 Å². The van der Waals surface area contributed by atoms with E-state index in [0.717, 1.165) is 0 Å². The third-order valence-corrected chi connectivity index (χ3v) is 1.51. The standard InChI is InChI=1S/C7H8ClNO/c1-2-9-5-6(8)3-4-7(9)10/h3-5H,2H2,1H3. The normalized spacial score (nSPS) is 9.80. The first kappa shape index (κ1) is 7.35. The van der Waals surface area contributed by atoms with Crippen LogP contribution in [0.5, 0.6) is 0 Å². The van der Waals surface area contributed by atoms with Crippen LogP contribution in [0, 0.1) is 0 Å². The molecule has 0 aromatic carbocycles. The smallest absolute Gasteiger partial charge is 0.250 e. The van der Waals surface area contributed by atoms with E-state index >= 15 is 0 Å². The van der Waals surface area contributed by atoms with Gasteiger partial charge in [-0.05, 0) is 13.0 Å². The molecular weight excluding hydrogens is 150 g/mol. The number of rotatable bonds is 1. The first-order valence-corrected chi connectivity index (χ1v) is 3.48. The van der Waals surface area contributed by atoms with E-state index in [1.165, 1.54) is 6.07 Å². The van der Waals surface area contributed by atoms with Crippen molar-refractivity contribution in [3.63, 3.8) is 0 Å². The molecule has 1 aromatic heterocycles. The zero-order valence-corrected chi connectivity index (χ0v) is 6.43. The summed E-state index contributed by atoms with van der Waals surface area (Å²) in [5, 5.41) is 0.599. The maximum Gasteiger partial charge on any atom is 0.250 e. The van der Waals surface area contributed by atoms with Crippen molar-refractivity contribution in [2.75, 3.05) is 0 Å². The fourth-order valence-electron chi connectivity index (χ4n) is 0.749. The average Bonchev–Trinajstić information content (AvgIpc) is 1.94. The zero-order chi connectivity index (χ0) is 7.56. The summed E-state index contributed by atoms with van der Waals surface area (Å²) in [7, 11) is 0. The van der Waals surface area contributed by atoms with Crippen LogP contribution >= 0.6 is 11.6 Å². The largest absolute Gasteiger partial charge is 0.314 e. The van der Waals surface area contributed by atoms with Crippen molar-refractivity contribution < 1.29 is 0 Å². The van der Waals surface area contributed by atoms with Crippen LogP contribution in [0.3, 0.4) is 0 Å². The second-order valence-corrected chi connectivity index (χ2v) is 2.41. The highest BCUT2D eigenvalue weighted by molar-refractivity contribution is 6.30. The van der Waals surface area contributed by atoms with Gasteiger partial charge in [-0.25, -0.2) is 0 Å². The number of hydrogen-bond donors (Lipinski definition) is 0. The summed E-state index contributed by atoms with van der Waals surface area (Å²) in [5.74, 6) is 0. The molecule has 1 rings (SSSR count). The molecule has 0 N–H and O–H groups in total. The Morgan fingerprint density at radius 2 is 2.30 bits per heavy atom. The van der Waals surface area contributed by atoms with Crippen molar-refractivity contribution in [3.05, 3.63) is 33.7 Å². The number of aryl methyl sites for hydroxylation is 1. The Labute approximate surface area is 64.1 Å². The lowest BCUT2D eigenvalue weighted by molar-refractivity contribution is 0.727. The Morgan fingerprint density at radius 1 is 1.60 bits per heavy atom. The predicted octanol–water partition coefficient (Wildman–Crippen LogP) is 1.52. The van der Waals surface area contributed by atoms with Gasteiger partial charge >= 0.3 is 0 Å². The lowest BCUT2D eigenvalue weighted by Crippen LogP contribution is -2.16. The third kappa shape index (κ3) is 1.39. The van der Waals surface area contributed by atoms with Gasteiger partial charge in [0.15, 0.2) is 0 Å². The zero-order valence-electron chi connectivity index (χ0n) is 5.67. The molecule has 0 atom stereocenters. The summed E-state index contributed by atoms with van der Waals surface area (Å²) in [4.78, 5) is 10.9. The number of nitrogens with zero attached hydrogens (tertiary/aromatic N) is 1. The number of pyridine rings is 1. The summed E-state index contributed by atoms with van der Waals surface area (Å²) >= 11 is 5.64. The van der Waals surface area contributed by atoms with Gasteiger partial charge in [-0.1, -0.05) is 11.6 Å². The molecular formula is C7H8ClNO. The molecule has 0 bridgehead atoms. The molecule has 0 radical (unpaired) electrons. The Bertz CT molecular complexity index is 279. The second-order valence-electron chi connectivity index (χ2n) is 1.97. The van der Waals surface area contributed by atoms with Crippen molar-refractivity contribution >= 4 is 11.6 Å².